The Bertz CT molecular complexity index is 696. The average molecular weight is 328 g/mol. The van der Waals surface area contributed by atoms with Gasteiger partial charge in [-0.3, -0.25) is 9.59 Å². The Kier molecular flexibility index (Phi) is 6.07. The molecule has 0 aromatic heterocycles. The van der Waals surface area contributed by atoms with Crippen LogP contribution in [0.15, 0.2) is 48.5 Å². The predicted octanol–water partition coefficient (Wildman–Crippen LogP) is 3.19. The predicted molar refractivity (Wildman–Crippen MR) is 92.1 cm³/mol. The zero-order valence-corrected chi connectivity index (χ0v) is 13.9. The van der Waals surface area contributed by atoms with Crippen molar-refractivity contribution in [1.29, 1.82) is 0 Å². The number of anilines is 1. The highest BCUT2D eigenvalue weighted by atomic mass is 19.1. The van der Waals surface area contributed by atoms with E-state index in [0.29, 0.717) is 13.1 Å². The van der Waals surface area contributed by atoms with E-state index in [1.807, 2.05) is 31.2 Å². The summed E-state index contributed by atoms with van der Waals surface area (Å²) in [5, 5.41) is 2.77. The van der Waals surface area contributed by atoms with Crippen LogP contribution in [0.2, 0.25) is 0 Å². The summed E-state index contributed by atoms with van der Waals surface area (Å²) in [6.07, 6.45) is 0.203. The van der Waals surface area contributed by atoms with Gasteiger partial charge in [0.1, 0.15) is 5.82 Å². The zero-order valence-electron chi connectivity index (χ0n) is 13.9. The highest BCUT2D eigenvalue weighted by Gasteiger charge is 2.13. The number of nitrogens with zero attached hydrogens (tertiary/aromatic N) is 1. The molecule has 1 N–H and O–H groups in total. The summed E-state index contributed by atoms with van der Waals surface area (Å²) in [6, 6.07) is 13.6. The summed E-state index contributed by atoms with van der Waals surface area (Å²) in [5.74, 6) is -0.567. The minimum absolute atomic E-state index is 0.106. The molecule has 2 aromatic carbocycles. The molecule has 0 spiro atoms. The van der Waals surface area contributed by atoms with E-state index in [-0.39, 0.29) is 24.1 Å². The lowest BCUT2D eigenvalue weighted by molar-refractivity contribution is -0.121. The zero-order chi connectivity index (χ0) is 17.5. The van der Waals surface area contributed by atoms with Crippen LogP contribution in [0.25, 0.3) is 0 Å². The van der Waals surface area contributed by atoms with E-state index in [9.17, 15) is 14.0 Å². The first-order valence-electron chi connectivity index (χ1n) is 7.81. The minimum atomic E-state index is -0.305. The largest absolute Gasteiger partial charge is 0.352 e. The van der Waals surface area contributed by atoms with Crippen molar-refractivity contribution in [3.8, 4) is 0 Å². The Morgan fingerprint density at radius 2 is 1.67 bits per heavy atom. The molecule has 0 atom stereocenters. The number of carbonyl (C=O) groups excluding carboxylic acids is 2. The van der Waals surface area contributed by atoms with Crippen LogP contribution in [0.4, 0.5) is 10.1 Å². The number of aryl methyl sites for hydroxylation is 1. The van der Waals surface area contributed by atoms with E-state index < -0.39 is 0 Å². The van der Waals surface area contributed by atoms with Gasteiger partial charge in [0.25, 0.3) is 0 Å². The molecule has 4 nitrogen and oxygen atoms in total. The van der Waals surface area contributed by atoms with Crippen molar-refractivity contribution < 1.29 is 14.0 Å². The van der Waals surface area contributed by atoms with E-state index in [1.54, 1.807) is 17.0 Å². The molecule has 0 saturated carbocycles. The molecule has 0 bridgehead atoms. The first-order chi connectivity index (χ1) is 11.5. The molecule has 0 aliphatic rings. The van der Waals surface area contributed by atoms with Gasteiger partial charge in [-0.15, -0.1) is 0 Å². The van der Waals surface area contributed by atoms with Gasteiger partial charge < -0.3 is 10.2 Å². The number of amides is 2. The van der Waals surface area contributed by atoms with Gasteiger partial charge in [0.05, 0.1) is 0 Å². The van der Waals surface area contributed by atoms with Crippen molar-refractivity contribution in [1.82, 2.24) is 5.32 Å². The van der Waals surface area contributed by atoms with Gasteiger partial charge in [-0.25, -0.2) is 4.39 Å². The van der Waals surface area contributed by atoms with E-state index in [1.165, 1.54) is 19.1 Å². The summed E-state index contributed by atoms with van der Waals surface area (Å²) < 4.78 is 12.8. The summed E-state index contributed by atoms with van der Waals surface area (Å²) in [7, 11) is 0. The molecule has 2 amide bonds. The van der Waals surface area contributed by atoms with Crippen LogP contribution in [0.1, 0.15) is 24.5 Å². The minimum Gasteiger partial charge on any atom is -0.352 e. The number of rotatable bonds is 6. The summed E-state index contributed by atoms with van der Waals surface area (Å²) in [5.41, 5.74) is 2.71. The van der Waals surface area contributed by atoms with Crippen molar-refractivity contribution in [2.45, 2.75) is 26.8 Å². The van der Waals surface area contributed by atoms with E-state index in [2.05, 4.69) is 5.32 Å². The van der Waals surface area contributed by atoms with E-state index in [4.69, 9.17) is 0 Å². The number of hydrogen-bond donors (Lipinski definition) is 1. The third-order valence-corrected chi connectivity index (χ3v) is 3.69. The van der Waals surface area contributed by atoms with Crippen molar-refractivity contribution in [3.63, 3.8) is 0 Å². The monoisotopic (exact) mass is 328 g/mol. The van der Waals surface area contributed by atoms with E-state index in [0.717, 1.165) is 16.8 Å². The molecule has 0 unspecified atom stereocenters. The molecule has 0 radical (unpaired) electrons. The summed E-state index contributed by atoms with van der Waals surface area (Å²) in [4.78, 5) is 25.4. The molecule has 5 heteroatoms. The fourth-order valence-corrected chi connectivity index (χ4v) is 2.30. The van der Waals surface area contributed by atoms with Gasteiger partial charge in [0.15, 0.2) is 0 Å². The van der Waals surface area contributed by atoms with Crippen LogP contribution >= 0.6 is 0 Å². The molecule has 24 heavy (non-hydrogen) atoms. The number of nitrogens with one attached hydrogen (secondary N) is 1. The second-order valence-electron chi connectivity index (χ2n) is 5.66. The Morgan fingerprint density at radius 1 is 1.04 bits per heavy atom. The smallest absolute Gasteiger partial charge is 0.223 e. The fourth-order valence-electron chi connectivity index (χ4n) is 2.30. The van der Waals surface area contributed by atoms with Crippen molar-refractivity contribution >= 4 is 17.5 Å². The maximum atomic E-state index is 12.8. The first kappa shape index (κ1) is 17.7. The Hall–Kier alpha value is -2.69. The van der Waals surface area contributed by atoms with Gasteiger partial charge >= 0.3 is 0 Å². The third kappa shape index (κ3) is 5.19. The topological polar surface area (TPSA) is 49.4 Å². The highest BCUT2D eigenvalue weighted by molar-refractivity contribution is 5.92. The Balaban J connectivity index is 1.87. The number of hydrogen-bond acceptors (Lipinski definition) is 2. The van der Waals surface area contributed by atoms with Gasteiger partial charge in [-0.2, -0.15) is 0 Å². The molecule has 0 heterocycles. The van der Waals surface area contributed by atoms with Gasteiger partial charge in [-0.1, -0.05) is 29.8 Å². The molecule has 0 aliphatic heterocycles. The average Bonchev–Trinajstić information content (AvgIpc) is 2.56. The summed E-state index contributed by atoms with van der Waals surface area (Å²) in [6.45, 7) is 4.11. The van der Waals surface area contributed by atoms with Gasteiger partial charge in [-0.05, 0) is 36.8 Å². The van der Waals surface area contributed by atoms with Crippen LogP contribution < -0.4 is 10.2 Å². The fraction of sp³-hybridized carbons (Fsp3) is 0.263. The van der Waals surface area contributed by atoms with Crippen LogP contribution in [0, 0.1) is 12.7 Å². The lowest BCUT2D eigenvalue weighted by Gasteiger charge is -2.21. The number of benzene rings is 2. The normalized spacial score (nSPS) is 10.3. The second kappa shape index (κ2) is 8.24. The molecular weight excluding hydrogens is 307 g/mol. The van der Waals surface area contributed by atoms with Crippen LogP contribution in [0.5, 0.6) is 0 Å². The van der Waals surface area contributed by atoms with Crippen molar-refractivity contribution in [3.05, 3.63) is 65.5 Å². The third-order valence-electron chi connectivity index (χ3n) is 3.69. The molecular formula is C19H21FN2O2. The Labute approximate surface area is 141 Å². The van der Waals surface area contributed by atoms with Gasteiger partial charge in [0.2, 0.25) is 11.8 Å². The quantitative estimate of drug-likeness (QED) is 0.885. The van der Waals surface area contributed by atoms with Crippen LogP contribution in [-0.4, -0.2) is 18.4 Å². The second-order valence-corrected chi connectivity index (χ2v) is 5.66. The van der Waals surface area contributed by atoms with Crippen molar-refractivity contribution in [2.24, 2.45) is 0 Å². The van der Waals surface area contributed by atoms with Crippen molar-refractivity contribution in [2.75, 3.05) is 11.4 Å². The molecule has 2 aromatic rings. The molecule has 2 rings (SSSR count). The number of carbonyl (C=O) groups is 2. The lowest BCUT2D eigenvalue weighted by atomic mass is 10.2. The summed E-state index contributed by atoms with van der Waals surface area (Å²) >= 11 is 0. The van der Waals surface area contributed by atoms with Crippen LogP contribution in [-0.2, 0) is 16.1 Å². The Morgan fingerprint density at radius 3 is 2.25 bits per heavy atom. The molecule has 0 fully saturated rings. The number of halogens is 1. The maximum Gasteiger partial charge on any atom is 0.223 e. The lowest BCUT2D eigenvalue weighted by Crippen LogP contribution is -2.33. The maximum absolute atomic E-state index is 12.8. The standard InChI is InChI=1S/C19H21FN2O2/c1-14-3-9-18(10-4-14)22(15(2)23)12-11-19(24)21-13-16-5-7-17(20)8-6-16/h3-10H,11-13H2,1-2H3,(H,21,24). The molecule has 0 saturated heterocycles. The molecule has 126 valence electrons. The SMILES string of the molecule is CC(=O)N(CCC(=O)NCc1ccc(F)cc1)c1ccc(C)cc1. The molecule has 0 aliphatic carbocycles. The van der Waals surface area contributed by atoms with Gasteiger partial charge in [0, 0.05) is 32.1 Å². The van der Waals surface area contributed by atoms with E-state index >= 15 is 0 Å². The highest BCUT2D eigenvalue weighted by Crippen LogP contribution is 2.15. The first-order valence-corrected chi connectivity index (χ1v) is 7.81. The van der Waals surface area contributed by atoms with Crippen LogP contribution in [0.3, 0.4) is 0 Å².